The van der Waals surface area contributed by atoms with Crippen molar-refractivity contribution in [1.29, 1.82) is 0 Å². The van der Waals surface area contributed by atoms with E-state index in [9.17, 15) is 13.2 Å². The Kier molecular flexibility index (Phi) is 5.79. The van der Waals surface area contributed by atoms with Crippen LogP contribution in [-0.4, -0.2) is 37.1 Å². The zero-order chi connectivity index (χ0) is 20.8. The molecule has 0 radical (unpaired) electrons. The highest BCUT2D eigenvalue weighted by molar-refractivity contribution is 7.90. The molecule has 1 aliphatic rings. The monoisotopic (exact) mass is 471 g/mol. The Bertz CT molecular complexity index is 1190. The number of thiophene rings is 1. The topological polar surface area (TPSA) is 65.4 Å². The van der Waals surface area contributed by atoms with Gasteiger partial charge in [0.05, 0.1) is 20.7 Å². The summed E-state index contributed by atoms with van der Waals surface area (Å²) in [5.41, 5.74) is 0.939. The number of carbonyl (C=O) groups is 1. The number of benzene rings is 1. The second kappa shape index (κ2) is 8.04. The van der Waals surface area contributed by atoms with E-state index in [0.717, 1.165) is 29.6 Å². The minimum absolute atomic E-state index is 0.0717. The summed E-state index contributed by atoms with van der Waals surface area (Å²) in [6.07, 6.45) is 1.48. The lowest BCUT2D eigenvalue weighted by Crippen LogP contribution is -2.27. The van der Waals surface area contributed by atoms with Gasteiger partial charge in [0, 0.05) is 29.9 Å². The quantitative estimate of drug-likeness (QED) is 0.482. The second-order valence-electron chi connectivity index (χ2n) is 7.19. The van der Waals surface area contributed by atoms with Crippen LogP contribution < -0.4 is 0 Å². The zero-order valence-electron chi connectivity index (χ0n) is 15.7. The highest BCUT2D eigenvalue weighted by Gasteiger charge is 2.27. The maximum atomic E-state index is 13.1. The number of halogens is 2. The highest BCUT2D eigenvalue weighted by atomic mass is 35.5. The Balaban J connectivity index is 1.72. The normalized spacial score (nSPS) is 15.8. The first-order valence-electron chi connectivity index (χ1n) is 9.19. The van der Waals surface area contributed by atoms with E-state index in [1.807, 2.05) is 0 Å². The summed E-state index contributed by atoms with van der Waals surface area (Å²) < 4.78 is 33.0. The van der Waals surface area contributed by atoms with E-state index in [0.29, 0.717) is 39.2 Å². The number of fused-ring (bicyclic) bond motifs is 1. The number of nitrogens with zero attached hydrogens (tertiary/aromatic N) is 1. The van der Waals surface area contributed by atoms with Gasteiger partial charge in [-0.1, -0.05) is 29.3 Å². The summed E-state index contributed by atoms with van der Waals surface area (Å²) in [4.78, 5) is 13.9. The SMILES string of the molecule is Cc1cc2cc(C(=O)c3cccc(Cl)c3Cl)sc2n1S(=O)(=O)CC1CCOCC1. The molecule has 154 valence electrons. The van der Waals surface area contributed by atoms with Gasteiger partial charge in [-0.3, -0.25) is 4.79 Å². The van der Waals surface area contributed by atoms with Crippen LogP contribution in [-0.2, 0) is 14.8 Å². The number of hydrogen-bond acceptors (Lipinski definition) is 5. The Labute approximate surface area is 183 Å². The molecule has 29 heavy (non-hydrogen) atoms. The Morgan fingerprint density at radius 3 is 2.69 bits per heavy atom. The molecule has 0 saturated carbocycles. The van der Waals surface area contributed by atoms with Crippen molar-refractivity contribution in [3.63, 3.8) is 0 Å². The zero-order valence-corrected chi connectivity index (χ0v) is 18.8. The van der Waals surface area contributed by atoms with Gasteiger partial charge in [0.2, 0.25) is 15.8 Å². The molecule has 3 aromatic rings. The van der Waals surface area contributed by atoms with Crippen LogP contribution in [0.2, 0.25) is 10.0 Å². The van der Waals surface area contributed by atoms with E-state index in [2.05, 4.69) is 0 Å². The predicted octanol–water partition coefficient (Wildman–Crippen LogP) is 5.15. The van der Waals surface area contributed by atoms with Crippen molar-refractivity contribution in [3.8, 4) is 0 Å². The average Bonchev–Trinajstić information content (AvgIpc) is 3.20. The maximum absolute atomic E-state index is 13.1. The summed E-state index contributed by atoms with van der Waals surface area (Å²) >= 11 is 13.4. The largest absolute Gasteiger partial charge is 0.381 e. The van der Waals surface area contributed by atoms with Crippen LogP contribution in [0, 0.1) is 12.8 Å². The molecule has 9 heteroatoms. The van der Waals surface area contributed by atoms with Crippen molar-refractivity contribution >= 4 is 60.6 Å². The number of ketones is 1. The fourth-order valence-corrected chi connectivity index (χ4v) is 7.48. The number of aryl methyl sites for hydroxylation is 1. The molecule has 4 rings (SSSR count). The first kappa shape index (κ1) is 20.9. The Morgan fingerprint density at radius 2 is 1.97 bits per heavy atom. The van der Waals surface area contributed by atoms with Gasteiger partial charge in [0.1, 0.15) is 4.83 Å². The number of rotatable bonds is 5. The molecule has 0 atom stereocenters. The average molecular weight is 472 g/mol. The third kappa shape index (κ3) is 3.99. The van der Waals surface area contributed by atoms with E-state index in [1.165, 1.54) is 3.97 Å². The van der Waals surface area contributed by atoms with Gasteiger partial charge in [-0.15, -0.1) is 11.3 Å². The summed E-state index contributed by atoms with van der Waals surface area (Å²) in [7, 11) is -3.55. The van der Waals surface area contributed by atoms with E-state index in [1.54, 1.807) is 37.3 Å². The van der Waals surface area contributed by atoms with Crippen LogP contribution >= 0.6 is 34.5 Å². The molecule has 0 bridgehead atoms. The van der Waals surface area contributed by atoms with E-state index in [-0.39, 0.29) is 22.5 Å². The van der Waals surface area contributed by atoms with Crippen LogP contribution in [0.4, 0.5) is 0 Å². The molecule has 1 fully saturated rings. The van der Waals surface area contributed by atoms with Crippen molar-refractivity contribution in [3.05, 3.63) is 56.5 Å². The fraction of sp³-hybridized carbons (Fsp3) is 0.350. The molecule has 5 nitrogen and oxygen atoms in total. The smallest absolute Gasteiger partial charge is 0.240 e. The third-order valence-corrected chi connectivity index (χ3v) is 9.08. The van der Waals surface area contributed by atoms with Gasteiger partial charge < -0.3 is 4.74 Å². The van der Waals surface area contributed by atoms with Crippen LogP contribution in [0.15, 0.2) is 30.3 Å². The number of aromatic nitrogens is 1. The van der Waals surface area contributed by atoms with Crippen LogP contribution in [0.1, 0.15) is 33.8 Å². The van der Waals surface area contributed by atoms with E-state index < -0.39 is 10.0 Å². The maximum Gasteiger partial charge on any atom is 0.240 e. The summed E-state index contributed by atoms with van der Waals surface area (Å²) in [5.74, 6) is -0.121. The minimum atomic E-state index is -3.55. The number of hydrogen-bond donors (Lipinski definition) is 0. The number of carbonyl (C=O) groups excluding carboxylic acids is 1. The summed E-state index contributed by atoms with van der Waals surface area (Å²) in [6, 6.07) is 8.40. The summed E-state index contributed by atoms with van der Waals surface area (Å²) in [6.45, 7) is 2.96. The molecule has 2 aromatic heterocycles. The standard InChI is InChI=1S/C20H19Cl2NO4S2/c1-12-9-14-10-17(19(24)15-3-2-4-16(21)18(15)22)28-20(14)23(12)29(25,26)11-13-5-7-27-8-6-13/h2-4,9-10,13H,5-8,11H2,1H3. The van der Waals surface area contributed by atoms with Crippen molar-refractivity contribution in [1.82, 2.24) is 3.97 Å². The van der Waals surface area contributed by atoms with Crippen LogP contribution in [0.3, 0.4) is 0 Å². The first-order valence-corrected chi connectivity index (χ1v) is 12.4. The lowest BCUT2D eigenvalue weighted by Gasteiger charge is -2.22. The lowest BCUT2D eigenvalue weighted by molar-refractivity contribution is 0.0723. The van der Waals surface area contributed by atoms with E-state index >= 15 is 0 Å². The first-order chi connectivity index (χ1) is 13.8. The molecule has 1 aliphatic heterocycles. The van der Waals surface area contributed by atoms with E-state index in [4.69, 9.17) is 27.9 Å². The summed E-state index contributed by atoms with van der Waals surface area (Å²) in [5, 5.41) is 1.23. The molecule has 1 saturated heterocycles. The molecule has 0 spiro atoms. The van der Waals surface area contributed by atoms with Crippen molar-refractivity contribution in [2.24, 2.45) is 5.92 Å². The Morgan fingerprint density at radius 1 is 1.24 bits per heavy atom. The number of ether oxygens (including phenoxy) is 1. The molecule has 0 amide bonds. The molecule has 0 N–H and O–H groups in total. The third-order valence-electron chi connectivity index (χ3n) is 5.09. The fourth-order valence-electron chi connectivity index (χ4n) is 3.66. The molecular formula is C20H19Cl2NO4S2. The van der Waals surface area contributed by atoms with Gasteiger partial charge >= 0.3 is 0 Å². The van der Waals surface area contributed by atoms with Gasteiger partial charge in [0.25, 0.3) is 0 Å². The van der Waals surface area contributed by atoms with Gasteiger partial charge in [0.15, 0.2) is 0 Å². The highest BCUT2D eigenvalue weighted by Crippen LogP contribution is 2.34. The van der Waals surface area contributed by atoms with Gasteiger partial charge in [-0.25, -0.2) is 12.4 Å². The molecule has 0 unspecified atom stereocenters. The van der Waals surface area contributed by atoms with Crippen molar-refractivity contribution in [2.75, 3.05) is 19.0 Å². The van der Waals surface area contributed by atoms with Gasteiger partial charge in [-0.05, 0) is 49.9 Å². The van der Waals surface area contributed by atoms with Crippen molar-refractivity contribution < 1.29 is 17.9 Å². The van der Waals surface area contributed by atoms with Crippen LogP contribution in [0.25, 0.3) is 10.2 Å². The van der Waals surface area contributed by atoms with Crippen molar-refractivity contribution in [2.45, 2.75) is 19.8 Å². The minimum Gasteiger partial charge on any atom is -0.381 e. The molecule has 3 heterocycles. The Hall–Kier alpha value is -1.38. The molecule has 1 aromatic carbocycles. The molecule has 0 aliphatic carbocycles. The predicted molar refractivity (Wildman–Crippen MR) is 117 cm³/mol. The lowest BCUT2D eigenvalue weighted by atomic mass is 10.0. The molecular weight excluding hydrogens is 453 g/mol. The van der Waals surface area contributed by atoms with Crippen LogP contribution in [0.5, 0.6) is 0 Å². The second-order valence-corrected chi connectivity index (χ2v) is 10.9. The van der Waals surface area contributed by atoms with Gasteiger partial charge in [-0.2, -0.15) is 0 Å².